The van der Waals surface area contributed by atoms with Crippen molar-refractivity contribution in [3.05, 3.63) is 47.0 Å². The second-order valence-corrected chi connectivity index (χ2v) is 6.10. The topological polar surface area (TPSA) is 46.5 Å². The van der Waals surface area contributed by atoms with Crippen molar-refractivity contribution in [3.8, 4) is 0 Å². The van der Waals surface area contributed by atoms with E-state index >= 15 is 0 Å². The van der Waals surface area contributed by atoms with Gasteiger partial charge in [-0.15, -0.1) is 6.58 Å². The molecule has 1 heterocycles. The first kappa shape index (κ1) is 14.3. The lowest BCUT2D eigenvalue weighted by Gasteiger charge is -2.25. The molecular formula is C18H22O3. The van der Waals surface area contributed by atoms with Crippen molar-refractivity contribution in [1.29, 1.82) is 0 Å². The molecule has 1 aromatic rings. The van der Waals surface area contributed by atoms with Crippen LogP contribution in [0.15, 0.2) is 24.8 Å². The zero-order valence-corrected chi connectivity index (χ0v) is 12.5. The lowest BCUT2D eigenvalue weighted by Crippen LogP contribution is -2.27. The van der Waals surface area contributed by atoms with Gasteiger partial charge in [0, 0.05) is 12.0 Å². The van der Waals surface area contributed by atoms with Gasteiger partial charge in [0.05, 0.1) is 5.56 Å². The molecule has 1 fully saturated rings. The summed E-state index contributed by atoms with van der Waals surface area (Å²) < 4.78 is 5.35. The summed E-state index contributed by atoms with van der Waals surface area (Å²) in [7, 11) is 0. The van der Waals surface area contributed by atoms with Crippen LogP contribution in [0.25, 0.3) is 0 Å². The minimum atomic E-state index is -1.45. The van der Waals surface area contributed by atoms with Crippen LogP contribution in [0.5, 0.6) is 0 Å². The standard InChI is InChI=1S/C18H22O3/c1-3-5-11-18(20)16-14(6-4-2)13(12-7-8-12)9-10-15(16)17(19)21-18/h4,9-10,12,20H,2-3,5-8,11H2,1H3. The van der Waals surface area contributed by atoms with E-state index in [0.29, 0.717) is 29.9 Å². The molecular weight excluding hydrogens is 264 g/mol. The number of allylic oxidation sites excluding steroid dienone is 1. The highest BCUT2D eigenvalue weighted by Gasteiger charge is 2.46. The summed E-state index contributed by atoms with van der Waals surface area (Å²) >= 11 is 0. The summed E-state index contributed by atoms with van der Waals surface area (Å²) in [5.74, 6) is -1.29. The lowest BCUT2D eigenvalue weighted by molar-refractivity contribution is -0.168. The van der Waals surface area contributed by atoms with Gasteiger partial charge in [0.15, 0.2) is 0 Å². The maximum atomic E-state index is 12.1. The first-order chi connectivity index (χ1) is 10.1. The van der Waals surface area contributed by atoms with E-state index in [4.69, 9.17) is 4.74 Å². The second kappa shape index (κ2) is 5.30. The largest absolute Gasteiger partial charge is 0.425 e. The number of unbranched alkanes of at least 4 members (excludes halogenated alkanes) is 1. The Morgan fingerprint density at radius 1 is 1.48 bits per heavy atom. The molecule has 0 radical (unpaired) electrons. The molecule has 0 aromatic heterocycles. The van der Waals surface area contributed by atoms with E-state index in [2.05, 4.69) is 13.5 Å². The van der Waals surface area contributed by atoms with Crippen LogP contribution >= 0.6 is 0 Å². The normalized spacial score (nSPS) is 23.8. The van der Waals surface area contributed by atoms with Gasteiger partial charge in [-0.1, -0.05) is 25.5 Å². The zero-order chi connectivity index (χ0) is 15.0. The highest BCUT2D eigenvalue weighted by atomic mass is 16.7. The van der Waals surface area contributed by atoms with E-state index < -0.39 is 11.8 Å². The second-order valence-electron chi connectivity index (χ2n) is 6.10. The SMILES string of the molecule is C=CCc1c(C2CC2)ccc2c1C(O)(CCCC)OC2=O. The number of benzene rings is 1. The lowest BCUT2D eigenvalue weighted by atomic mass is 9.87. The quantitative estimate of drug-likeness (QED) is 0.639. The van der Waals surface area contributed by atoms with Crippen LogP contribution in [0.2, 0.25) is 0 Å². The summed E-state index contributed by atoms with van der Waals surface area (Å²) in [6, 6.07) is 3.85. The fourth-order valence-electron chi connectivity index (χ4n) is 3.27. The molecule has 112 valence electrons. The first-order valence-corrected chi connectivity index (χ1v) is 7.83. The maximum absolute atomic E-state index is 12.1. The molecule has 1 saturated carbocycles. The van der Waals surface area contributed by atoms with E-state index in [1.807, 2.05) is 18.2 Å². The van der Waals surface area contributed by atoms with Crippen molar-refractivity contribution in [1.82, 2.24) is 0 Å². The molecule has 3 heteroatoms. The van der Waals surface area contributed by atoms with Gasteiger partial charge in [0.25, 0.3) is 0 Å². The summed E-state index contributed by atoms with van der Waals surface area (Å²) in [4.78, 5) is 12.1. The molecule has 2 aliphatic rings. The Bertz CT molecular complexity index is 586. The van der Waals surface area contributed by atoms with E-state index in [-0.39, 0.29) is 0 Å². The maximum Gasteiger partial charge on any atom is 0.341 e. The zero-order valence-electron chi connectivity index (χ0n) is 12.5. The van der Waals surface area contributed by atoms with Gasteiger partial charge in [-0.2, -0.15) is 0 Å². The Kier molecular flexibility index (Phi) is 3.62. The predicted molar refractivity (Wildman–Crippen MR) is 81.2 cm³/mol. The molecule has 1 atom stereocenters. The van der Waals surface area contributed by atoms with Gasteiger partial charge in [-0.3, -0.25) is 0 Å². The number of aliphatic hydroxyl groups is 1. The molecule has 0 bridgehead atoms. The highest BCUT2D eigenvalue weighted by Crippen LogP contribution is 2.47. The van der Waals surface area contributed by atoms with Crippen molar-refractivity contribution < 1.29 is 14.6 Å². The van der Waals surface area contributed by atoms with Gasteiger partial charge in [0.2, 0.25) is 5.79 Å². The number of cyclic esters (lactones) is 1. The Hall–Kier alpha value is -1.61. The number of hydrogen-bond donors (Lipinski definition) is 1. The molecule has 1 N–H and O–H groups in total. The van der Waals surface area contributed by atoms with Crippen LogP contribution in [-0.2, 0) is 16.9 Å². The molecule has 1 unspecified atom stereocenters. The molecule has 1 aliphatic carbocycles. The van der Waals surface area contributed by atoms with Crippen LogP contribution < -0.4 is 0 Å². The van der Waals surface area contributed by atoms with Crippen molar-refractivity contribution in [2.75, 3.05) is 0 Å². The van der Waals surface area contributed by atoms with Crippen LogP contribution in [0, 0.1) is 0 Å². The number of ether oxygens (including phenoxy) is 1. The molecule has 3 nitrogen and oxygen atoms in total. The Morgan fingerprint density at radius 3 is 2.86 bits per heavy atom. The Morgan fingerprint density at radius 2 is 2.24 bits per heavy atom. The third kappa shape index (κ3) is 2.40. The molecule has 0 amide bonds. The van der Waals surface area contributed by atoms with Crippen LogP contribution in [0.4, 0.5) is 0 Å². The monoisotopic (exact) mass is 286 g/mol. The number of rotatable bonds is 6. The first-order valence-electron chi connectivity index (χ1n) is 7.83. The fraction of sp³-hybridized carbons (Fsp3) is 0.500. The van der Waals surface area contributed by atoms with E-state index in [9.17, 15) is 9.90 Å². The third-order valence-corrected chi connectivity index (χ3v) is 4.46. The van der Waals surface area contributed by atoms with Crippen molar-refractivity contribution >= 4 is 5.97 Å². The average molecular weight is 286 g/mol. The molecule has 0 saturated heterocycles. The van der Waals surface area contributed by atoms with E-state index in [1.54, 1.807) is 0 Å². The van der Waals surface area contributed by atoms with E-state index in [0.717, 1.165) is 18.4 Å². The molecule has 1 aliphatic heterocycles. The summed E-state index contributed by atoms with van der Waals surface area (Å²) in [6.45, 7) is 5.89. The van der Waals surface area contributed by atoms with Crippen LogP contribution in [-0.4, -0.2) is 11.1 Å². The third-order valence-electron chi connectivity index (χ3n) is 4.46. The van der Waals surface area contributed by atoms with Gasteiger partial charge >= 0.3 is 5.97 Å². The molecule has 3 rings (SSSR count). The number of esters is 1. The van der Waals surface area contributed by atoms with E-state index in [1.165, 1.54) is 18.4 Å². The van der Waals surface area contributed by atoms with Gasteiger partial charge < -0.3 is 9.84 Å². The van der Waals surface area contributed by atoms with Gasteiger partial charge in [0.1, 0.15) is 0 Å². The number of hydrogen-bond acceptors (Lipinski definition) is 3. The minimum Gasteiger partial charge on any atom is -0.425 e. The Balaban J connectivity index is 2.12. The van der Waals surface area contributed by atoms with Gasteiger partial charge in [-0.25, -0.2) is 4.79 Å². The summed E-state index contributed by atoms with van der Waals surface area (Å²) in [6.07, 6.45) is 7.11. The number of carbonyl (C=O) groups excluding carboxylic acids is 1. The minimum absolute atomic E-state index is 0.406. The van der Waals surface area contributed by atoms with Crippen molar-refractivity contribution in [2.24, 2.45) is 0 Å². The molecule has 21 heavy (non-hydrogen) atoms. The predicted octanol–water partition coefficient (Wildman–Crippen LogP) is 3.80. The smallest absolute Gasteiger partial charge is 0.341 e. The van der Waals surface area contributed by atoms with Crippen LogP contribution in [0.1, 0.15) is 72.0 Å². The molecule has 1 aromatic carbocycles. The van der Waals surface area contributed by atoms with Crippen molar-refractivity contribution in [2.45, 2.75) is 57.2 Å². The summed E-state index contributed by atoms with van der Waals surface area (Å²) in [5, 5.41) is 10.9. The number of carbonyl (C=O) groups is 1. The number of fused-ring (bicyclic) bond motifs is 1. The highest BCUT2D eigenvalue weighted by molar-refractivity contribution is 5.95. The fourth-order valence-corrected chi connectivity index (χ4v) is 3.27. The molecule has 0 spiro atoms. The average Bonchev–Trinajstić information content (AvgIpc) is 3.25. The van der Waals surface area contributed by atoms with Crippen molar-refractivity contribution in [3.63, 3.8) is 0 Å². The Labute approximate surface area is 125 Å². The van der Waals surface area contributed by atoms with Gasteiger partial charge in [-0.05, 0) is 48.8 Å². The van der Waals surface area contributed by atoms with Crippen LogP contribution in [0.3, 0.4) is 0 Å². The summed E-state index contributed by atoms with van der Waals surface area (Å²) in [5.41, 5.74) is 3.52.